The summed E-state index contributed by atoms with van der Waals surface area (Å²) >= 11 is 0. The molecule has 3 N–H and O–H groups in total. The second kappa shape index (κ2) is 5.43. The number of aryl methyl sites for hydroxylation is 1. The molecule has 2 nitrogen and oxygen atoms in total. The van der Waals surface area contributed by atoms with Crippen LogP contribution in [0.2, 0.25) is 0 Å². The number of fused-ring (bicyclic) bond motifs is 3. The first-order chi connectivity index (χ1) is 8.72. The topological polar surface area (TPSA) is 46.2 Å². The minimum absolute atomic E-state index is 0. The van der Waals surface area contributed by atoms with E-state index in [2.05, 4.69) is 24.3 Å². The molecule has 1 aromatic rings. The monoisotopic (exact) mass is 281 g/mol. The minimum atomic E-state index is -0.515. The molecule has 2 atom stereocenters. The van der Waals surface area contributed by atoms with Crippen LogP contribution < -0.4 is 5.73 Å². The zero-order valence-electron chi connectivity index (χ0n) is 11.4. The summed E-state index contributed by atoms with van der Waals surface area (Å²) in [6.07, 6.45) is 7.25. The molecule has 0 bridgehead atoms. The van der Waals surface area contributed by atoms with Gasteiger partial charge in [-0.3, -0.25) is 0 Å². The second-order valence-corrected chi connectivity index (χ2v) is 6.02. The molecule has 0 spiro atoms. The van der Waals surface area contributed by atoms with Gasteiger partial charge in [-0.2, -0.15) is 0 Å². The van der Waals surface area contributed by atoms with Crippen molar-refractivity contribution in [2.75, 3.05) is 6.54 Å². The van der Waals surface area contributed by atoms with Crippen LogP contribution in [0, 0.1) is 0 Å². The zero-order chi connectivity index (χ0) is 12.6. The molecule has 0 amide bonds. The average Bonchev–Trinajstić information content (AvgIpc) is 2.40. The van der Waals surface area contributed by atoms with E-state index in [4.69, 9.17) is 5.73 Å². The molecule has 3 rings (SSSR count). The first-order valence-corrected chi connectivity index (χ1v) is 7.23. The van der Waals surface area contributed by atoms with Crippen molar-refractivity contribution < 1.29 is 5.11 Å². The molecular weight excluding hydrogens is 258 g/mol. The molecule has 2 aliphatic rings. The first kappa shape index (κ1) is 14.8. The van der Waals surface area contributed by atoms with Gasteiger partial charge in [-0.1, -0.05) is 37.1 Å². The van der Waals surface area contributed by atoms with Gasteiger partial charge in [-0.05, 0) is 49.8 Å². The Morgan fingerprint density at radius 3 is 2.63 bits per heavy atom. The van der Waals surface area contributed by atoms with Crippen LogP contribution in [-0.2, 0) is 11.8 Å². The Balaban J connectivity index is 0.00000133. The van der Waals surface area contributed by atoms with E-state index in [0.29, 0.717) is 6.54 Å². The molecule has 2 aliphatic carbocycles. The minimum Gasteiger partial charge on any atom is -0.389 e. The molecule has 0 aromatic heterocycles. The Labute approximate surface area is 121 Å². The lowest BCUT2D eigenvalue weighted by Gasteiger charge is -2.54. The van der Waals surface area contributed by atoms with Crippen LogP contribution in [0.15, 0.2) is 24.3 Å². The fourth-order valence-corrected chi connectivity index (χ4v) is 4.35. The van der Waals surface area contributed by atoms with E-state index in [1.54, 1.807) is 0 Å². The Kier molecular flexibility index (Phi) is 4.24. The van der Waals surface area contributed by atoms with Crippen LogP contribution in [0.4, 0.5) is 0 Å². The van der Waals surface area contributed by atoms with Crippen LogP contribution in [0.25, 0.3) is 0 Å². The van der Waals surface area contributed by atoms with Gasteiger partial charge in [0.15, 0.2) is 0 Å². The van der Waals surface area contributed by atoms with E-state index in [0.717, 1.165) is 38.5 Å². The molecule has 1 aromatic carbocycles. The Morgan fingerprint density at radius 1 is 1.11 bits per heavy atom. The van der Waals surface area contributed by atoms with E-state index in [1.807, 2.05) is 0 Å². The number of hydrogen-bond donors (Lipinski definition) is 2. The SMILES string of the molecule is Cl.NCC[C@@]12CCCC[C@]1(O)CCc1ccccc12. The molecule has 0 saturated heterocycles. The molecule has 1 saturated carbocycles. The van der Waals surface area contributed by atoms with Crippen LogP contribution in [0.5, 0.6) is 0 Å². The molecule has 1 fully saturated rings. The van der Waals surface area contributed by atoms with Gasteiger partial charge in [-0.25, -0.2) is 0 Å². The van der Waals surface area contributed by atoms with E-state index in [1.165, 1.54) is 17.5 Å². The van der Waals surface area contributed by atoms with Crippen molar-refractivity contribution in [2.45, 2.75) is 56.0 Å². The summed E-state index contributed by atoms with van der Waals surface area (Å²) in [5.74, 6) is 0. The van der Waals surface area contributed by atoms with Crippen LogP contribution >= 0.6 is 12.4 Å². The largest absolute Gasteiger partial charge is 0.389 e. The summed E-state index contributed by atoms with van der Waals surface area (Å²) in [7, 11) is 0. The maximum absolute atomic E-state index is 11.2. The molecule has 3 heteroatoms. The fraction of sp³-hybridized carbons (Fsp3) is 0.625. The van der Waals surface area contributed by atoms with Crippen molar-refractivity contribution in [3.63, 3.8) is 0 Å². The van der Waals surface area contributed by atoms with Gasteiger partial charge in [0.1, 0.15) is 0 Å². The zero-order valence-corrected chi connectivity index (χ0v) is 12.2. The maximum atomic E-state index is 11.2. The third-order valence-electron chi connectivity index (χ3n) is 5.25. The second-order valence-electron chi connectivity index (χ2n) is 6.02. The van der Waals surface area contributed by atoms with E-state index >= 15 is 0 Å². The van der Waals surface area contributed by atoms with Crippen LogP contribution in [-0.4, -0.2) is 17.3 Å². The molecule has 0 heterocycles. The maximum Gasteiger partial charge on any atom is 0.0747 e. The summed E-state index contributed by atoms with van der Waals surface area (Å²) in [6, 6.07) is 8.67. The Morgan fingerprint density at radius 2 is 1.84 bits per heavy atom. The number of halogens is 1. The van der Waals surface area contributed by atoms with Crippen molar-refractivity contribution in [1.82, 2.24) is 0 Å². The van der Waals surface area contributed by atoms with Crippen LogP contribution in [0.1, 0.15) is 49.7 Å². The fourth-order valence-electron chi connectivity index (χ4n) is 4.35. The van der Waals surface area contributed by atoms with E-state index in [9.17, 15) is 5.11 Å². The normalized spacial score (nSPS) is 32.9. The molecule has 0 unspecified atom stereocenters. The first-order valence-electron chi connectivity index (χ1n) is 7.23. The van der Waals surface area contributed by atoms with E-state index in [-0.39, 0.29) is 17.8 Å². The highest BCUT2D eigenvalue weighted by Gasteiger charge is 2.54. The summed E-state index contributed by atoms with van der Waals surface area (Å²) in [5, 5.41) is 11.2. The number of benzene rings is 1. The lowest BCUT2D eigenvalue weighted by molar-refractivity contribution is -0.0862. The lowest BCUT2D eigenvalue weighted by atomic mass is 9.53. The van der Waals surface area contributed by atoms with Crippen molar-refractivity contribution in [2.24, 2.45) is 5.73 Å². The highest BCUT2D eigenvalue weighted by Crippen LogP contribution is 2.54. The van der Waals surface area contributed by atoms with Crippen molar-refractivity contribution in [1.29, 1.82) is 0 Å². The van der Waals surface area contributed by atoms with Gasteiger partial charge in [0.2, 0.25) is 0 Å². The molecular formula is C16H24ClNO. The standard InChI is InChI=1S/C16H23NO.ClH/c17-12-11-15-8-3-4-9-16(15,18)10-7-13-5-1-2-6-14(13)15;/h1-2,5-6,18H,3-4,7-12,17H2;1H/t15-,16+;/m1./s1. The molecule has 0 radical (unpaired) electrons. The van der Waals surface area contributed by atoms with Crippen LogP contribution in [0.3, 0.4) is 0 Å². The summed E-state index contributed by atoms with van der Waals surface area (Å²) < 4.78 is 0. The summed E-state index contributed by atoms with van der Waals surface area (Å²) in [6.45, 7) is 0.663. The quantitative estimate of drug-likeness (QED) is 0.875. The predicted octanol–water partition coefficient (Wildman–Crippen LogP) is 2.95. The van der Waals surface area contributed by atoms with Gasteiger partial charge in [-0.15, -0.1) is 12.4 Å². The summed E-state index contributed by atoms with van der Waals surface area (Å²) in [5.41, 5.74) is 8.08. The molecule has 106 valence electrons. The summed E-state index contributed by atoms with van der Waals surface area (Å²) in [4.78, 5) is 0. The molecule has 0 aliphatic heterocycles. The third kappa shape index (κ3) is 2.10. The van der Waals surface area contributed by atoms with Gasteiger partial charge < -0.3 is 10.8 Å². The Hall–Kier alpha value is -0.570. The number of aliphatic hydroxyl groups is 1. The van der Waals surface area contributed by atoms with E-state index < -0.39 is 5.60 Å². The highest BCUT2D eigenvalue weighted by atomic mass is 35.5. The average molecular weight is 282 g/mol. The Bertz CT molecular complexity index is 446. The number of rotatable bonds is 2. The predicted molar refractivity (Wildman–Crippen MR) is 80.8 cm³/mol. The van der Waals surface area contributed by atoms with Gasteiger partial charge in [0, 0.05) is 5.41 Å². The molecule has 19 heavy (non-hydrogen) atoms. The van der Waals surface area contributed by atoms with Gasteiger partial charge in [0.05, 0.1) is 5.60 Å². The van der Waals surface area contributed by atoms with Crippen molar-refractivity contribution >= 4 is 12.4 Å². The highest BCUT2D eigenvalue weighted by molar-refractivity contribution is 5.85. The third-order valence-corrected chi connectivity index (χ3v) is 5.25. The smallest absolute Gasteiger partial charge is 0.0747 e. The van der Waals surface area contributed by atoms with Gasteiger partial charge in [0.25, 0.3) is 0 Å². The van der Waals surface area contributed by atoms with Crippen molar-refractivity contribution in [3.8, 4) is 0 Å². The van der Waals surface area contributed by atoms with Crippen molar-refractivity contribution in [3.05, 3.63) is 35.4 Å². The lowest BCUT2D eigenvalue weighted by Crippen LogP contribution is -2.57. The number of nitrogens with two attached hydrogens (primary N) is 1. The number of hydrogen-bond acceptors (Lipinski definition) is 2. The van der Waals surface area contributed by atoms with Gasteiger partial charge >= 0.3 is 0 Å².